The first-order valence-electron chi connectivity index (χ1n) is 11.3. The molecule has 33 heavy (non-hydrogen) atoms. The lowest BCUT2D eigenvalue weighted by molar-refractivity contribution is 0.0593. The Morgan fingerprint density at radius 1 is 1.06 bits per heavy atom. The van der Waals surface area contributed by atoms with Gasteiger partial charge in [-0.25, -0.2) is 9.37 Å². The highest BCUT2D eigenvalue weighted by molar-refractivity contribution is 7.22. The minimum absolute atomic E-state index is 0.0919. The lowest BCUT2D eigenvalue weighted by Crippen LogP contribution is -2.65. The van der Waals surface area contributed by atoms with Gasteiger partial charge in [0, 0.05) is 31.1 Å². The first-order valence-corrected chi connectivity index (χ1v) is 12.2. The number of amides is 1. The predicted molar refractivity (Wildman–Crippen MR) is 131 cm³/mol. The van der Waals surface area contributed by atoms with Crippen molar-refractivity contribution in [2.24, 2.45) is 5.92 Å². The molecular formula is C27H24FN3OS. The first kappa shape index (κ1) is 20.4. The van der Waals surface area contributed by atoms with Gasteiger partial charge >= 0.3 is 0 Å². The molecule has 2 fully saturated rings. The summed E-state index contributed by atoms with van der Waals surface area (Å²) in [5, 5.41) is 0.923. The van der Waals surface area contributed by atoms with Crippen LogP contribution in [0.25, 0.3) is 21.3 Å². The molecule has 2 atom stereocenters. The van der Waals surface area contributed by atoms with Gasteiger partial charge in [-0.2, -0.15) is 0 Å². The number of thiazole rings is 1. The van der Waals surface area contributed by atoms with Gasteiger partial charge in [-0.3, -0.25) is 4.79 Å². The van der Waals surface area contributed by atoms with Crippen LogP contribution in [0.5, 0.6) is 0 Å². The Balaban J connectivity index is 1.26. The van der Waals surface area contributed by atoms with Crippen LogP contribution in [0.3, 0.4) is 0 Å². The van der Waals surface area contributed by atoms with Crippen molar-refractivity contribution in [3.63, 3.8) is 0 Å². The molecule has 6 rings (SSSR count). The van der Waals surface area contributed by atoms with Crippen LogP contribution < -0.4 is 4.90 Å². The average Bonchev–Trinajstić information content (AvgIpc) is 3.22. The van der Waals surface area contributed by atoms with Gasteiger partial charge in [-0.05, 0) is 48.7 Å². The van der Waals surface area contributed by atoms with Gasteiger partial charge in [0.15, 0.2) is 5.13 Å². The summed E-state index contributed by atoms with van der Waals surface area (Å²) in [7, 11) is 0. The maximum absolute atomic E-state index is 13.7. The van der Waals surface area contributed by atoms with Crippen LogP contribution in [0.4, 0.5) is 9.52 Å². The number of hydrogen-bond acceptors (Lipinski definition) is 4. The average molecular weight is 458 g/mol. The van der Waals surface area contributed by atoms with Gasteiger partial charge in [-0.1, -0.05) is 59.4 Å². The quantitative estimate of drug-likeness (QED) is 0.392. The number of likely N-dealkylation sites (tertiary alicyclic amines) is 1. The minimum atomic E-state index is -0.235. The maximum Gasteiger partial charge on any atom is 0.254 e. The van der Waals surface area contributed by atoms with Crippen molar-refractivity contribution in [1.29, 1.82) is 0 Å². The summed E-state index contributed by atoms with van der Waals surface area (Å²) >= 11 is 1.53. The molecule has 166 valence electrons. The van der Waals surface area contributed by atoms with Crippen molar-refractivity contribution in [3.05, 3.63) is 83.7 Å². The highest BCUT2D eigenvalue weighted by atomic mass is 32.1. The zero-order valence-corrected chi connectivity index (χ0v) is 19.2. The molecule has 4 nitrogen and oxygen atoms in total. The van der Waals surface area contributed by atoms with Crippen molar-refractivity contribution < 1.29 is 9.18 Å². The van der Waals surface area contributed by atoms with Crippen molar-refractivity contribution in [2.45, 2.75) is 19.4 Å². The number of aromatic nitrogens is 1. The molecule has 0 N–H and O–H groups in total. The smallest absolute Gasteiger partial charge is 0.254 e. The lowest BCUT2D eigenvalue weighted by Gasteiger charge is -2.53. The van der Waals surface area contributed by atoms with Gasteiger partial charge in [0.25, 0.3) is 5.91 Å². The number of carbonyl (C=O) groups excluding carboxylic acids is 1. The van der Waals surface area contributed by atoms with Gasteiger partial charge in [0.2, 0.25) is 0 Å². The molecule has 2 saturated heterocycles. The molecule has 0 aliphatic carbocycles. The van der Waals surface area contributed by atoms with E-state index in [-0.39, 0.29) is 17.8 Å². The van der Waals surface area contributed by atoms with Crippen LogP contribution in [0, 0.1) is 18.7 Å². The molecule has 0 unspecified atom stereocenters. The van der Waals surface area contributed by atoms with Crippen LogP contribution in [-0.2, 0) is 0 Å². The topological polar surface area (TPSA) is 36.4 Å². The zero-order valence-electron chi connectivity index (χ0n) is 18.4. The molecule has 0 spiro atoms. The number of rotatable bonds is 3. The Labute approximate surface area is 196 Å². The molecule has 4 aromatic rings. The van der Waals surface area contributed by atoms with E-state index in [1.54, 1.807) is 12.1 Å². The van der Waals surface area contributed by atoms with Gasteiger partial charge in [0.05, 0.1) is 16.3 Å². The third kappa shape index (κ3) is 3.59. The SMILES string of the molecule is Cc1ccc(-c2ccccc2)c(C(=O)N2CC[C@H]3CN(c4nc5ccc(F)cc5s4)[C@H]3C2)c1. The summed E-state index contributed by atoms with van der Waals surface area (Å²) in [6, 6.07) is 21.2. The van der Waals surface area contributed by atoms with E-state index in [0.29, 0.717) is 12.5 Å². The Bertz CT molecular complexity index is 1350. The summed E-state index contributed by atoms with van der Waals surface area (Å²) in [5.41, 5.74) is 4.71. The zero-order chi connectivity index (χ0) is 22.5. The molecule has 3 aromatic carbocycles. The van der Waals surface area contributed by atoms with Crippen LogP contribution >= 0.6 is 11.3 Å². The Morgan fingerprint density at radius 2 is 1.91 bits per heavy atom. The molecule has 0 radical (unpaired) electrons. The van der Waals surface area contributed by atoms with Gasteiger partial charge in [0.1, 0.15) is 5.82 Å². The molecular weight excluding hydrogens is 433 g/mol. The van der Waals surface area contributed by atoms with E-state index in [0.717, 1.165) is 57.1 Å². The number of aryl methyl sites for hydroxylation is 1. The number of anilines is 1. The number of nitrogens with zero attached hydrogens (tertiary/aromatic N) is 3. The summed E-state index contributed by atoms with van der Waals surface area (Å²) in [4.78, 5) is 22.7. The molecule has 0 saturated carbocycles. The minimum Gasteiger partial charge on any atom is -0.343 e. The van der Waals surface area contributed by atoms with Crippen LogP contribution in [0.2, 0.25) is 0 Å². The monoisotopic (exact) mass is 457 g/mol. The predicted octanol–water partition coefficient (Wildman–Crippen LogP) is 5.76. The highest BCUT2D eigenvalue weighted by Crippen LogP contribution is 2.40. The lowest BCUT2D eigenvalue weighted by atomic mass is 9.82. The van der Waals surface area contributed by atoms with E-state index >= 15 is 0 Å². The Kier molecular flexibility index (Phi) is 4.91. The summed E-state index contributed by atoms with van der Waals surface area (Å²) in [6.45, 7) is 4.45. The molecule has 0 bridgehead atoms. The van der Waals surface area contributed by atoms with Crippen LogP contribution in [-0.4, -0.2) is 41.5 Å². The largest absolute Gasteiger partial charge is 0.343 e. The molecule has 1 aromatic heterocycles. The third-order valence-corrected chi connectivity index (χ3v) is 7.97. The number of carbonyl (C=O) groups is 1. The normalized spacial score (nSPS) is 19.9. The molecule has 3 heterocycles. The fourth-order valence-corrected chi connectivity index (χ4v) is 6.14. The summed E-state index contributed by atoms with van der Waals surface area (Å²) in [6.07, 6.45) is 0.999. The second kappa shape index (κ2) is 7.96. The van der Waals surface area contributed by atoms with E-state index in [4.69, 9.17) is 4.98 Å². The third-order valence-electron chi connectivity index (χ3n) is 6.92. The Hall–Kier alpha value is -3.25. The number of halogens is 1. The number of benzene rings is 3. The van der Waals surface area contributed by atoms with E-state index in [2.05, 4.69) is 29.2 Å². The molecule has 1 amide bonds. The van der Waals surface area contributed by atoms with E-state index < -0.39 is 0 Å². The number of piperidine rings is 1. The molecule has 6 heteroatoms. The summed E-state index contributed by atoms with van der Waals surface area (Å²) in [5.74, 6) is 0.430. The highest BCUT2D eigenvalue weighted by Gasteiger charge is 2.45. The second-order valence-electron chi connectivity index (χ2n) is 9.04. The van der Waals surface area contributed by atoms with Crippen LogP contribution in [0.1, 0.15) is 22.3 Å². The standard InChI is InChI=1S/C27H24FN3OS/c1-17-7-9-21(18-5-3-2-4-6-18)22(13-17)26(32)30-12-11-19-15-31(24(19)16-30)27-29-23-10-8-20(28)14-25(23)33-27/h2-10,13-14,19,24H,11-12,15-16H2,1H3/t19-,24-/m0/s1. The fraction of sp³-hybridized carbons (Fsp3) is 0.259. The number of hydrogen-bond donors (Lipinski definition) is 0. The summed E-state index contributed by atoms with van der Waals surface area (Å²) < 4.78 is 14.5. The van der Waals surface area contributed by atoms with Gasteiger partial charge < -0.3 is 9.80 Å². The first-order chi connectivity index (χ1) is 16.1. The van der Waals surface area contributed by atoms with Crippen molar-refractivity contribution in [2.75, 3.05) is 24.5 Å². The van der Waals surface area contributed by atoms with E-state index in [9.17, 15) is 9.18 Å². The fourth-order valence-electron chi connectivity index (χ4n) is 5.08. The molecule has 2 aliphatic heterocycles. The van der Waals surface area contributed by atoms with E-state index in [1.807, 2.05) is 36.1 Å². The maximum atomic E-state index is 13.7. The second-order valence-corrected chi connectivity index (χ2v) is 10.1. The van der Waals surface area contributed by atoms with Crippen molar-refractivity contribution in [1.82, 2.24) is 9.88 Å². The van der Waals surface area contributed by atoms with E-state index in [1.165, 1.54) is 17.4 Å². The van der Waals surface area contributed by atoms with Gasteiger partial charge in [-0.15, -0.1) is 0 Å². The number of fused-ring (bicyclic) bond motifs is 2. The van der Waals surface area contributed by atoms with Crippen molar-refractivity contribution in [3.8, 4) is 11.1 Å². The Morgan fingerprint density at radius 3 is 2.76 bits per heavy atom. The van der Waals surface area contributed by atoms with Crippen molar-refractivity contribution >= 4 is 32.6 Å². The van der Waals surface area contributed by atoms with Crippen LogP contribution in [0.15, 0.2) is 66.7 Å². The molecule has 2 aliphatic rings.